The predicted molar refractivity (Wildman–Crippen MR) is 71.9 cm³/mol. The van der Waals surface area contributed by atoms with Gasteiger partial charge < -0.3 is 11.1 Å². The van der Waals surface area contributed by atoms with Crippen LogP contribution in [0.4, 0.5) is 8.78 Å². The Hall–Kier alpha value is -2.27. The fourth-order valence-electron chi connectivity index (χ4n) is 1.88. The number of carbonyl (C=O) groups is 1. The van der Waals surface area contributed by atoms with Crippen LogP contribution in [0.3, 0.4) is 0 Å². The van der Waals surface area contributed by atoms with Crippen LogP contribution < -0.4 is 11.1 Å². The highest BCUT2D eigenvalue weighted by Gasteiger charge is 2.14. The Morgan fingerprint density at radius 1 is 1.05 bits per heavy atom. The maximum atomic E-state index is 13.5. The van der Waals surface area contributed by atoms with Gasteiger partial charge in [-0.05, 0) is 23.3 Å². The number of halogens is 2. The van der Waals surface area contributed by atoms with Gasteiger partial charge in [0.15, 0.2) is 11.6 Å². The maximum Gasteiger partial charge on any atom is 0.254 e. The molecule has 0 aromatic heterocycles. The minimum absolute atomic E-state index is 0.210. The summed E-state index contributed by atoms with van der Waals surface area (Å²) >= 11 is 0. The summed E-state index contributed by atoms with van der Waals surface area (Å²) in [5.74, 6) is -2.84. The minimum Gasteiger partial charge on any atom is -0.348 e. The summed E-state index contributed by atoms with van der Waals surface area (Å²) in [6.45, 7) is 0.558. The first-order chi connectivity index (χ1) is 9.63. The highest BCUT2D eigenvalue weighted by atomic mass is 19.2. The Labute approximate surface area is 115 Å². The molecule has 2 aromatic rings. The number of rotatable bonds is 4. The topological polar surface area (TPSA) is 55.1 Å². The average Bonchev–Trinajstić information content (AvgIpc) is 2.48. The SMILES string of the molecule is NCc1ccccc1CNC(=O)c1cccc(F)c1F. The second-order valence-corrected chi connectivity index (χ2v) is 4.26. The van der Waals surface area contributed by atoms with Gasteiger partial charge in [0, 0.05) is 13.1 Å². The highest BCUT2D eigenvalue weighted by molar-refractivity contribution is 5.94. The van der Waals surface area contributed by atoms with E-state index >= 15 is 0 Å². The molecule has 0 saturated heterocycles. The van der Waals surface area contributed by atoms with Crippen molar-refractivity contribution in [3.63, 3.8) is 0 Å². The molecule has 0 unspecified atom stereocenters. The first-order valence-electron chi connectivity index (χ1n) is 6.12. The molecule has 0 heterocycles. The molecule has 3 N–H and O–H groups in total. The molecular weight excluding hydrogens is 262 g/mol. The lowest BCUT2D eigenvalue weighted by atomic mass is 10.1. The zero-order valence-electron chi connectivity index (χ0n) is 10.7. The van der Waals surface area contributed by atoms with Crippen LogP contribution in [0.5, 0.6) is 0 Å². The zero-order chi connectivity index (χ0) is 14.5. The van der Waals surface area contributed by atoms with Crippen molar-refractivity contribution in [2.24, 2.45) is 5.73 Å². The summed E-state index contributed by atoms with van der Waals surface area (Å²) in [6.07, 6.45) is 0. The molecule has 0 bridgehead atoms. The molecule has 0 spiro atoms. The maximum absolute atomic E-state index is 13.5. The summed E-state index contributed by atoms with van der Waals surface area (Å²) in [6, 6.07) is 10.8. The lowest BCUT2D eigenvalue weighted by Crippen LogP contribution is -2.25. The van der Waals surface area contributed by atoms with Crippen molar-refractivity contribution in [1.29, 1.82) is 0 Å². The molecule has 0 radical (unpaired) electrons. The molecule has 0 atom stereocenters. The Balaban J connectivity index is 2.11. The monoisotopic (exact) mass is 276 g/mol. The second-order valence-electron chi connectivity index (χ2n) is 4.26. The van der Waals surface area contributed by atoms with Gasteiger partial charge in [0.2, 0.25) is 0 Å². The van der Waals surface area contributed by atoms with E-state index in [4.69, 9.17) is 5.73 Å². The molecule has 2 aromatic carbocycles. The summed E-state index contributed by atoms with van der Waals surface area (Å²) in [5, 5.41) is 2.56. The molecule has 0 fully saturated rings. The quantitative estimate of drug-likeness (QED) is 0.900. The normalized spacial score (nSPS) is 10.3. The Morgan fingerprint density at radius 2 is 1.75 bits per heavy atom. The number of hydrogen-bond donors (Lipinski definition) is 2. The second kappa shape index (κ2) is 6.25. The first-order valence-corrected chi connectivity index (χ1v) is 6.12. The number of nitrogens with one attached hydrogen (secondary N) is 1. The van der Waals surface area contributed by atoms with E-state index in [0.29, 0.717) is 6.54 Å². The summed E-state index contributed by atoms with van der Waals surface area (Å²) in [4.78, 5) is 11.8. The molecule has 0 aliphatic heterocycles. The van der Waals surface area contributed by atoms with E-state index in [0.717, 1.165) is 17.2 Å². The van der Waals surface area contributed by atoms with Gasteiger partial charge in [-0.25, -0.2) is 8.78 Å². The highest BCUT2D eigenvalue weighted by Crippen LogP contribution is 2.12. The lowest BCUT2D eigenvalue weighted by Gasteiger charge is -2.09. The van der Waals surface area contributed by atoms with E-state index < -0.39 is 17.5 Å². The average molecular weight is 276 g/mol. The molecule has 20 heavy (non-hydrogen) atoms. The largest absolute Gasteiger partial charge is 0.348 e. The molecule has 3 nitrogen and oxygen atoms in total. The van der Waals surface area contributed by atoms with E-state index in [1.54, 1.807) is 0 Å². The van der Waals surface area contributed by atoms with Crippen molar-refractivity contribution in [2.75, 3.05) is 0 Å². The minimum atomic E-state index is -1.14. The molecule has 5 heteroatoms. The third kappa shape index (κ3) is 3.00. The molecule has 0 saturated carbocycles. The van der Waals surface area contributed by atoms with Gasteiger partial charge >= 0.3 is 0 Å². The van der Waals surface area contributed by atoms with E-state index in [2.05, 4.69) is 5.32 Å². The molecule has 104 valence electrons. The Morgan fingerprint density at radius 3 is 2.45 bits per heavy atom. The lowest BCUT2D eigenvalue weighted by molar-refractivity contribution is 0.0945. The number of carbonyl (C=O) groups excluding carboxylic acids is 1. The number of amides is 1. The smallest absolute Gasteiger partial charge is 0.254 e. The Kier molecular flexibility index (Phi) is 4.42. The van der Waals surface area contributed by atoms with E-state index in [9.17, 15) is 13.6 Å². The third-order valence-electron chi connectivity index (χ3n) is 2.97. The Bertz CT molecular complexity index is 629. The number of benzene rings is 2. The van der Waals surface area contributed by atoms with Crippen molar-refractivity contribution in [3.8, 4) is 0 Å². The van der Waals surface area contributed by atoms with E-state index in [-0.39, 0.29) is 12.1 Å². The van der Waals surface area contributed by atoms with E-state index in [1.807, 2.05) is 24.3 Å². The van der Waals surface area contributed by atoms with Crippen molar-refractivity contribution < 1.29 is 13.6 Å². The fraction of sp³-hybridized carbons (Fsp3) is 0.133. The number of nitrogens with two attached hydrogens (primary N) is 1. The van der Waals surface area contributed by atoms with Crippen LogP contribution in [-0.4, -0.2) is 5.91 Å². The van der Waals surface area contributed by atoms with Gasteiger partial charge in [-0.3, -0.25) is 4.79 Å². The third-order valence-corrected chi connectivity index (χ3v) is 2.97. The van der Waals surface area contributed by atoms with Gasteiger partial charge in [-0.15, -0.1) is 0 Å². The van der Waals surface area contributed by atoms with Gasteiger partial charge in [0.1, 0.15) is 0 Å². The van der Waals surface area contributed by atoms with Crippen molar-refractivity contribution >= 4 is 5.91 Å². The summed E-state index contributed by atoms with van der Waals surface area (Å²) < 4.78 is 26.5. The van der Waals surface area contributed by atoms with Gasteiger partial charge in [0.05, 0.1) is 5.56 Å². The molecule has 2 rings (SSSR count). The van der Waals surface area contributed by atoms with Crippen molar-refractivity contribution in [1.82, 2.24) is 5.32 Å². The van der Waals surface area contributed by atoms with E-state index in [1.165, 1.54) is 12.1 Å². The predicted octanol–water partition coefficient (Wildman–Crippen LogP) is 2.35. The number of hydrogen-bond acceptors (Lipinski definition) is 2. The van der Waals surface area contributed by atoms with Crippen LogP contribution in [0.15, 0.2) is 42.5 Å². The van der Waals surface area contributed by atoms with Gasteiger partial charge in [-0.1, -0.05) is 30.3 Å². The first kappa shape index (κ1) is 14.1. The molecule has 1 amide bonds. The van der Waals surface area contributed by atoms with Gasteiger partial charge in [0.25, 0.3) is 5.91 Å². The van der Waals surface area contributed by atoms with Crippen LogP contribution in [-0.2, 0) is 13.1 Å². The summed E-state index contributed by atoms with van der Waals surface area (Å²) in [7, 11) is 0. The molecule has 0 aliphatic carbocycles. The molecular formula is C15H14F2N2O. The van der Waals surface area contributed by atoms with Crippen LogP contribution in [0.2, 0.25) is 0 Å². The van der Waals surface area contributed by atoms with Gasteiger partial charge in [-0.2, -0.15) is 0 Å². The van der Waals surface area contributed by atoms with Crippen LogP contribution in [0.1, 0.15) is 21.5 Å². The summed E-state index contributed by atoms with van der Waals surface area (Å²) in [5.41, 5.74) is 7.02. The van der Waals surface area contributed by atoms with Crippen molar-refractivity contribution in [3.05, 3.63) is 70.8 Å². The van der Waals surface area contributed by atoms with Crippen LogP contribution in [0, 0.1) is 11.6 Å². The van der Waals surface area contributed by atoms with Crippen molar-refractivity contribution in [2.45, 2.75) is 13.1 Å². The standard InChI is InChI=1S/C15H14F2N2O/c16-13-7-3-6-12(14(13)17)15(20)19-9-11-5-2-1-4-10(11)8-18/h1-7H,8-9,18H2,(H,19,20). The van der Waals surface area contributed by atoms with Crippen LogP contribution >= 0.6 is 0 Å². The fourth-order valence-corrected chi connectivity index (χ4v) is 1.88. The molecule has 0 aliphatic rings. The van der Waals surface area contributed by atoms with Crippen LogP contribution in [0.25, 0.3) is 0 Å². The zero-order valence-corrected chi connectivity index (χ0v) is 10.7.